The summed E-state index contributed by atoms with van der Waals surface area (Å²) in [5.74, 6) is -1.03. The topological polar surface area (TPSA) is 90.3 Å². The molecule has 1 aliphatic rings. The summed E-state index contributed by atoms with van der Waals surface area (Å²) in [7, 11) is 1.51. The molecule has 20 heavy (non-hydrogen) atoms. The first kappa shape index (κ1) is 16.7. The molecule has 116 valence electrons. The maximum absolute atomic E-state index is 12.5. The quantitative estimate of drug-likeness (QED) is 0.763. The summed E-state index contributed by atoms with van der Waals surface area (Å²) in [6.07, 6.45) is 0.0263. The zero-order valence-corrected chi connectivity index (χ0v) is 12.5. The number of nitrogens with zero attached hydrogens (tertiary/aromatic N) is 2. The van der Waals surface area contributed by atoms with E-state index in [4.69, 9.17) is 4.74 Å². The first-order valence-corrected chi connectivity index (χ1v) is 6.73. The largest absolute Gasteiger partial charge is 0.480 e. The lowest BCUT2D eigenvalue weighted by Crippen LogP contribution is -2.51. The van der Waals surface area contributed by atoms with E-state index in [1.54, 1.807) is 20.8 Å². The number of amides is 2. The van der Waals surface area contributed by atoms with Gasteiger partial charge < -0.3 is 24.7 Å². The van der Waals surface area contributed by atoms with E-state index in [1.807, 2.05) is 0 Å². The Morgan fingerprint density at radius 3 is 2.45 bits per heavy atom. The lowest BCUT2D eigenvalue weighted by molar-refractivity contribution is -0.141. The molecule has 0 aliphatic carbocycles. The van der Waals surface area contributed by atoms with Crippen molar-refractivity contribution in [1.82, 2.24) is 9.80 Å². The van der Waals surface area contributed by atoms with E-state index in [2.05, 4.69) is 0 Å². The van der Waals surface area contributed by atoms with Gasteiger partial charge in [-0.3, -0.25) is 0 Å². The molecule has 1 saturated heterocycles. The van der Waals surface area contributed by atoms with Crippen LogP contribution in [0.1, 0.15) is 27.2 Å². The fourth-order valence-electron chi connectivity index (χ4n) is 2.38. The van der Waals surface area contributed by atoms with Gasteiger partial charge >= 0.3 is 12.0 Å². The highest BCUT2D eigenvalue weighted by atomic mass is 16.5. The zero-order valence-electron chi connectivity index (χ0n) is 12.5. The Kier molecular flexibility index (Phi) is 5.35. The molecule has 7 heteroatoms. The summed E-state index contributed by atoms with van der Waals surface area (Å²) in [6.45, 7) is 5.84. The van der Waals surface area contributed by atoms with E-state index >= 15 is 0 Å². The SMILES string of the molecule is CCN(CC(C)(C)O)C(=O)N1CC(OC)CC1C(=O)O. The van der Waals surface area contributed by atoms with Crippen LogP contribution in [0.5, 0.6) is 0 Å². The van der Waals surface area contributed by atoms with Crippen LogP contribution in [0.3, 0.4) is 0 Å². The number of aliphatic carboxylic acids is 1. The molecule has 1 aliphatic heterocycles. The molecule has 1 heterocycles. The van der Waals surface area contributed by atoms with Gasteiger partial charge in [0.05, 0.1) is 18.2 Å². The van der Waals surface area contributed by atoms with Crippen molar-refractivity contribution in [2.45, 2.75) is 44.9 Å². The molecule has 1 fully saturated rings. The van der Waals surface area contributed by atoms with E-state index in [-0.39, 0.29) is 31.6 Å². The third kappa shape index (κ3) is 4.08. The number of carboxylic acids is 1. The minimum atomic E-state index is -1.03. The summed E-state index contributed by atoms with van der Waals surface area (Å²) >= 11 is 0. The van der Waals surface area contributed by atoms with Crippen LogP contribution in [0.4, 0.5) is 4.79 Å². The number of carbonyl (C=O) groups excluding carboxylic acids is 1. The van der Waals surface area contributed by atoms with Crippen molar-refractivity contribution < 1.29 is 24.5 Å². The molecule has 0 aromatic carbocycles. The molecule has 2 N–H and O–H groups in total. The molecule has 0 aromatic heterocycles. The van der Waals surface area contributed by atoms with Gasteiger partial charge in [-0.2, -0.15) is 0 Å². The van der Waals surface area contributed by atoms with Crippen LogP contribution in [0.25, 0.3) is 0 Å². The van der Waals surface area contributed by atoms with Gasteiger partial charge in [0.15, 0.2) is 0 Å². The molecule has 2 amide bonds. The Morgan fingerprint density at radius 1 is 1.45 bits per heavy atom. The Hall–Kier alpha value is -1.34. The molecule has 0 bridgehead atoms. The molecule has 0 spiro atoms. The van der Waals surface area contributed by atoms with Gasteiger partial charge in [-0.15, -0.1) is 0 Å². The number of hydrogen-bond donors (Lipinski definition) is 2. The number of hydrogen-bond acceptors (Lipinski definition) is 4. The molecule has 2 atom stereocenters. The summed E-state index contributed by atoms with van der Waals surface area (Å²) in [5.41, 5.74) is -1.02. The number of methoxy groups -OCH3 is 1. The Morgan fingerprint density at radius 2 is 2.05 bits per heavy atom. The van der Waals surface area contributed by atoms with Gasteiger partial charge in [-0.25, -0.2) is 9.59 Å². The van der Waals surface area contributed by atoms with Gasteiger partial charge in [0.2, 0.25) is 0 Å². The zero-order chi connectivity index (χ0) is 15.5. The molecule has 0 radical (unpaired) electrons. The van der Waals surface area contributed by atoms with Crippen molar-refractivity contribution in [3.63, 3.8) is 0 Å². The first-order chi connectivity index (χ1) is 9.19. The maximum atomic E-state index is 12.5. The van der Waals surface area contributed by atoms with E-state index in [1.165, 1.54) is 16.9 Å². The van der Waals surface area contributed by atoms with Crippen LogP contribution in [0.15, 0.2) is 0 Å². The van der Waals surface area contributed by atoms with E-state index in [0.29, 0.717) is 6.54 Å². The van der Waals surface area contributed by atoms with Crippen molar-refractivity contribution in [2.24, 2.45) is 0 Å². The predicted octanol–water partition coefficient (Wildman–Crippen LogP) is 0.373. The standard InChI is InChI=1S/C13H24N2O5/c1-5-14(8-13(2,3)19)12(18)15-7-9(20-4)6-10(15)11(16)17/h9-10,19H,5-8H2,1-4H3,(H,16,17). The van der Waals surface area contributed by atoms with Crippen molar-refractivity contribution in [1.29, 1.82) is 0 Å². The molecule has 2 unspecified atom stereocenters. The number of rotatable bonds is 5. The highest BCUT2D eigenvalue weighted by Crippen LogP contribution is 2.22. The van der Waals surface area contributed by atoms with Gasteiger partial charge in [0.25, 0.3) is 0 Å². The van der Waals surface area contributed by atoms with Gasteiger partial charge in [0.1, 0.15) is 6.04 Å². The third-order valence-electron chi connectivity index (χ3n) is 3.36. The minimum absolute atomic E-state index is 0.156. The van der Waals surface area contributed by atoms with Crippen molar-refractivity contribution in [3.05, 3.63) is 0 Å². The van der Waals surface area contributed by atoms with Crippen molar-refractivity contribution in [2.75, 3.05) is 26.7 Å². The molecule has 7 nitrogen and oxygen atoms in total. The van der Waals surface area contributed by atoms with Crippen LogP contribution < -0.4 is 0 Å². The van der Waals surface area contributed by atoms with E-state index < -0.39 is 17.6 Å². The molecule has 0 aromatic rings. The number of likely N-dealkylation sites (N-methyl/N-ethyl adjacent to an activating group) is 1. The van der Waals surface area contributed by atoms with Crippen LogP contribution >= 0.6 is 0 Å². The summed E-state index contributed by atoms with van der Waals surface area (Å²) in [4.78, 5) is 26.5. The van der Waals surface area contributed by atoms with Crippen LogP contribution in [-0.2, 0) is 9.53 Å². The average Bonchev–Trinajstić information content (AvgIpc) is 2.78. The summed E-state index contributed by atoms with van der Waals surface area (Å²) in [6, 6.07) is -1.25. The highest BCUT2D eigenvalue weighted by Gasteiger charge is 2.41. The van der Waals surface area contributed by atoms with Crippen LogP contribution in [-0.4, -0.2) is 76.5 Å². The second kappa shape index (κ2) is 6.41. The van der Waals surface area contributed by atoms with Gasteiger partial charge in [0, 0.05) is 26.6 Å². The van der Waals surface area contributed by atoms with E-state index in [9.17, 15) is 19.8 Å². The monoisotopic (exact) mass is 288 g/mol. The predicted molar refractivity (Wildman–Crippen MR) is 72.5 cm³/mol. The number of likely N-dealkylation sites (tertiary alicyclic amines) is 1. The normalized spacial score (nSPS) is 22.9. The fourth-order valence-corrected chi connectivity index (χ4v) is 2.38. The third-order valence-corrected chi connectivity index (χ3v) is 3.36. The van der Waals surface area contributed by atoms with Crippen LogP contribution in [0.2, 0.25) is 0 Å². The van der Waals surface area contributed by atoms with Crippen molar-refractivity contribution >= 4 is 12.0 Å². The Bertz CT molecular complexity index is 366. The fraction of sp³-hybridized carbons (Fsp3) is 0.846. The molecule has 1 rings (SSSR count). The number of carbonyl (C=O) groups is 2. The van der Waals surface area contributed by atoms with Crippen LogP contribution in [0, 0.1) is 0 Å². The Labute approximate surface area is 119 Å². The molecular weight excluding hydrogens is 264 g/mol. The lowest BCUT2D eigenvalue weighted by atomic mass is 10.1. The number of ether oxygens (including phenoxy) is 1. The van der Waals surface area contributed by atoms with E-state index in [0.717, 1.165) is 0 Å². The summed E-state index contributed by atoms with van der Waals surface area (Å²) < 4.78 is 5.16. The Balaban J connectivity index is 2.84. The average molecular weight is 288 g/mol. The molecule has 0 saturated carbocycles. The molecular formula is C13H24N2O5. The van der Waals surface area contributed by atoms with Gasteiger partial charge in [-0.05, 0) is 20.8 Å². The summed E-state index contributed by atoms with van der Waals surface area (Å²) in [5, 5.41) is 19.0. The second-order valence-corrected chi connectivity index (χ2v) is 5.71. The number of urea groups is 1. The maximum Gasteiger partial charge on any atom is 0.326 e. The second-order valence-electron chi connectivity index (χ2n) is 5.71. The van der Waals surface area contributed by atoms with Gasteiger partial charge in [-0.1, -0.05) is 0 Å². The minimum Gasteiger partial charge on any atom is -0.480 e. The van der Waals surface area contributed by atoms with Crippen molar-refractivity contribution in [3.8, 4) is 0 Å². The smallest absolute Gasteiger partial charge is 0.326 e. The number of carboxylic acid groups (broad SMARTS) is 1. The lowest BCUT2D eigenvalue weighted by Gasteiger charge is -2.33. The first-order valence-electron chi connectivity index (χ1n) is 6.73. The number of aliphatic hydroxyl groups is 1. The highest BCUT2D eigenvalue weighted by molar-refractivity contribution is 5.83.